The van der Waals surface area contributed by atoms with Crippen molar-refractivity contribution in [2.75, 3.05) is 11.1 Å². The molecule has 0 fully saturated rings. The minimum absolute atomic E-state index is 0.0242. The molecule has 4 aromatic rings. The van der Waals surface area contributed by atoms with Gasteiger partial charge in [-0.15, -0.1) is 10.2 Å². The molecular weight excluding hydrogens is 415 g/mol. The maximum absolute atomic E-state index is 14.6. The number of nitriles is 1. The Bertz CT molecular complexity index is 1270. The second-order valence-electron chi connectivity index (χ2n) is 6.36. The lowest BCUT2D eigenvalue weighted by Gasteiger charge is -2.11. The van der Waals surface area contributed by atoms with E-state index in [9.17, 15) is 9.18 Å². The van der Waals surface area contributed by atoms with E-state index in [0.717, 1.165) is 11.8 Å². The monoisotopic (exact) mass is 430 g/mol. The first kappa shape index (κ1) is 20.3. The van der Waals surface area contributed by atoms with Crippen LogP contribution in [0.25, 0.3) is 17.1 Å². The highest BCUT2D eigenvalue weighted by atomic mass is 32.2. The van der Waals surface area contributed by atoms with Crippen LogP contribution in [0.1, 0.15) is 5.56 Å². The highest BCUT2D eigenvalue weighted by Crippen LogP contribution is 2.29. The zero-order valence-electron chi connectivity index (χ0n) is 16.1. The number of thioether (sulfide) groups is 1. The molecule has 0 radical (unpaired) electrons. The van der Waals surface area contributed by atoms with Crippen LogP contribution in [0.5, 0.6) is 0 Å². The largest absolute Gasteiger partial charge is 0.325 e. The molecule has 0 aliphatic heterocycles. The number of carbonyl (C=O) groups excluding carboxylic acids is 1. The molecule has 31 heavy (non-hydrogen) atoms. The molecule has 1 amide bonds. The summed E-state index contributed by atoms with van der Waals surface area (Å²) in [5.74, 6) is -0.280. The van der Waals surface area contributed by atoms with Crippen LogP contribution in [0.4, 0.5) is 10.1 Å². The minimum Gasteiger partial charge on any atom is -0.325 e. The number of halogens is 1. The number of carbonyl (C=O) groups is 1. The molecule has 0 saturated carbocycles. The van der Waals surface area contributed by atoms with Crippen LogP contribution in [0.3, 0.4) is 0 Å². The van der Waals surface area contributed by atoms with Gasteiger partial charge in [0.2, 0.25) is 5.91 Å². The Hall–Kier alpha value is -4.03. The molecule has 0 aliphatic rings. The van der Waals surface area contributed by atoms with Crippen molar-refractivity contribution in [3.63, 3.8) is 0 Å². The van der Waals surface area contributed by atoms with Gasteiger partial charge < -0.3 is 5.32 Å². The summed E-state index contributed by atoms with van der Waals surface area (Å²) in [6.07, 6.45) is 3.25. The molecule has 0 aliphatic carbocycles. The third kappa shape index (κ3) is 4.60. The summed E-state index contributed by atoms with van der Waals surface area (Å²) in [6, 6.07) is 18.5. The summed E-state index contributed by atoms with van der Waals surface area (Å²) in [5.41, 5.74) is 1.92. The SMILES string of the molecule is N#Cc1cccc(NC(=O)CSc2nnc(-c3cccnc3)n2-c2ccccc2F)c1. The number of hydrogen-bond donors (Lipinski definition) is 1. The first-order valence-electron chi connectivity index (χ1n) is 9.19. The zero-order chi connectivity index (χ0) is 21.6. The van der Waals surface area contributed by atoms with E-state index < -0.39 is 5.82 Å². The molecule has 0 atom stereocenters. The molecule has 9 heteroatoms. The molecule has 4 rings (SSSR count). The van der Waals surface area contributed by atoms with Crippen LogP contribution in [0.2, 0.25) is 0 Å². The van der Waals surface area contributed by atoms with Crippen molar-refractivity contribution in [2.45, 2.75) is 5.16 Å². The first-order chi connectivity index (χ1) is 15.2. The highest BCUT2D eigenvalue weighted by Gasteiger charge is 2.19. The van der Waals surface area contributed by atoms with Gasteiger partial charge in [0.05, 0.1) is 23.1 Å². The Morgan fingerprint density at radius 3 is 2.77 bits per heavy atom. The summed E-state index contributed by atoms with van der Waals surface area (Å²) >= 11 is 1.13. The molecule has 152 valence electrons. The van der Waals surface area contributed by atoms with Crippen LogP contribution in [-0.4, -0.2) is 31.4 Å². The maximum atomic E-state index is 14.6. The number of amides is 1. The molecule has 7 nitrogen and oxygen atoms in total. The lowest BCUT2D eigenvalue weighted by molar-refractivity contribution is -0.113. The van der Waals surface area contributed by atoms with E-state index in [1.807, 2.05) is 6.07 Å². The van der Waals surface area contributed by atoms with E-state index >= 15 is 0 Å². The number of aromatic nitrogens is 4. The second kappa shape index (κ2) is 9.19. The summed E-state index contributed by atoms with van der Waals surface area (Å²) in [6.45, 7) is 0. The topological polar surface area (TPSA) is 96.5 Å². The average molecular weight is 430 g/mol. The Morgan fingerprint density at radius 1 is 1.13 bits per heavy atom. The smallest absolute Gasteiger partial charge is 0.234 e. The number of anilines is 1. The van der Waals surface area contributed by atoms with E-state index in [1.165, 1.54) is 6.07 Å². The van der Waals surface area contributed by atoms with Gasteiger partial charge in [-0.2, -0.15) is 5.26 Å². The lowest BCUT2D eigenvalue weighted by Crippen LogP contribution is -2.14. The Labute approximate surface area is 181 Å². The van der Waals surface area contributed by atoms with Gasteiger partial charge in [0.15, 0.2) is 11.0 Å². The molecule has 1 N–H and O–H groups in total. The summed E-state index contributed by atoms with van der Waals surface area (Å²) in [7, 11) is 0. The first-order valence-corrected chi connectivity index (χ1v) is 10.2. The third-order valence-corrected chi connectivity index (χ3v) is 5.18. The number of benzene rings is 2. The van der Waals surface area contributed by atoms with Crippen molar-refractivity contribution in [3.8, 4) is 23.1 Å². The van der Waals surface area contributed by atoms with Gasteiger partial charge in [-0.05, 0) is 42.5 Å². The predicted molar refractivity (Wildman–Crippen MR) is 115 cm³/mol. The molecule has 0 spiro atoms. The number of pyridine rings is 1. The quantitative estimate of drug-likeness (QED) is 0.463. The second-order valence-corrected chi connectivity index (χ2v) is 7.31. The van der Waals surface area contributed by atoms with Gasteiger partial charge >= 0.3 is 0 Å². The van der Waals surface area contributed by atoms with E-state index in [4.69, 9.17) is 5.26 Å². The van der Waals surface area contributed by atoms with Crippen LogP contribution in [-0.2, 0) is 4.79 Å². The molecule has 0 bridgehead atoms. The summed E-state index contributed by atoms with van der Waals surface area (Å²) in [5, 5.41) is 20.5. The Kier molecular flexibility index (Phi) is 6.01. The average Bonchev–Trinajstić information content (AvgIpc) is 3.22. The van der Waals surface area contributed by atoms with E-state index in [2.05, 4.69) is 20.5 Å². The van der Waals surface area contributed by atoms with Crippen LogP contribution in [0.15, 0.2) is 78.2 Å². The van der Waals surface area contributed by atoms with Gasteiger partial charge in [-0.3, -0.25) is 14.3 Å². The van der Waals surface area contributed by atoms with Crippen molar-refractivity contribution < 1.29 is 9.18 Å². The summed E-state index contributed by atoms with van der Waals surface area (Å²) < 4.78 is 16.1. The van der Waals surface area contributed by atoms with Crippen molar-refractivity contribution in [1.29, 1.82) is 5.26 Å². The molecule has 0 unspecified atom stereocenters. The highest BCUT2D eigenvalue weighted by molar-refractivity contribution is 7.99. The fraction of sp³-hybridized carbons (Fsp3) is 0.0455. The van der Waals surface area contributed by atoms with Crippen molar-refractivity contribution in [2.24, 2.45) is 0 Å². The van der Waals surface area contributed by atoms with Gasteiger partial charge in [0.25, 0.3) is 0 Å². The molecule has 0 saturated heterocycles. The van der Waals surface area contributed by atoms with Crippen LogP contribution in [0, 0.1) is 17.1 Å². The fourth-order valence-corrected chi connectivity index (χ4v) is 3.63. The lowest BCUT2D eigenvalue weighted by atomic mass is 10.2. The van der Waals surface area contributed by atoms with Crippen molar-refractivity contribution >= 4 is 23.4 Å². The van der Waals surface area contributed by atoms with Crippen LogP contribution < -0.4 is 5.32 Å². The van der Waals surface area contributed by atoms with Crippen molar-refractivity contribution in [3.05, 3.63) is 84.4 Å². The van der Waals surface area contributed by atoms with Gasteiger partial charge in [0, 0.05) is 23.6 Å². The van der Waals surface area contributed by atoms with Crippen molar-refractivity contribution in [1.82, 2.24) is 19.7 Å². The number of hydrogen-bond acceptors (Lipinski definition) is 6. The number of para-hydroxylation sites is 1. The normalized spacial score (nSPS) is 10.5. The maximum Gasteiger partial charge on any atom is 0.234 e. The number of nitrogens with one attached hydrogen (secondary N) is 1. The van der Waals surface area contributed by atoms with E-state index in [0.29, 0.717) is 27.8 Å². The van der Waals surface area contributed by atoms with Gasteiger partial charge in [0.1, 0.15) is 5.82 Å². The minimum atomic E-state index is -0.438. The number of rotatable bonds is 6. The molecular formula is C22H15FN6OS. The molecule has 2 heterocycles. The third-order valence-electron chi connectivity index (χ3n) is 4.25. The standard InChI is InChI=1S/C22H15FN6OS/c23-18-8-1-2-9-19(18)29-21(16-6-4-10-25-13-16)27-28-22(29)31-14-20(30)26-17-7-3-5-15(11-17)12-24/h1-11,13H,14H2,(H,26,30). The predicted octanol–water partition coefficient (Wildman–Crippen LogP) is 4.07. The van der Waals surface area contributed by atoms with Gasteiger partial charge in [-0.25, -0.2) is 4.39 Å². The molecule has 2 aromatic carbocycles. The zero-order valence-corrected chi connectivity index (χ0v) is 16.9. The Morgan fingerprint density at radius 2 is 2.00 bits per heavy atom. The van der Waals surface area contributed by atoms with Gasteiger partial charge in [-0.1, -0.05) is 30.0 Å². The summed E-state index contributed by atoms with van der Waals surface area (Å²) in [4.78, 5) is 16.5. The number of nitrogens with zero attached hydrogens (tertiary/aromatic N) is 5. The van der Waals surface area contributed by atoms with Crippen LogP contribution >= 0.6 is 11.8 Å². The fourth-order valence-electron chi connectivity index (χ4n) is 2.89. The Balaban J connectivity index is 1.60. The van der Waals surface area contributed by atoms with E-state index in [1.54, 1.807) is 71.6 Å². The van der Waals surface area contributed by atoms with E-state index in [-0.39, 0.29) is 17.3 Å². The molecule has 2 aromatic heterocycles.